The van der Waals surface area contributed by atoms with Crippen molar-refractivity contribution in [1.82, 2.24) is 9.97 Å². The van der Waals surface area contributed by atoms with Gasteiger partial charge in [0.05, 0.1) is 16.6 Å². The number of aromatic hydroxyl groups is 1. The summed E-state index contributed by atoms with van der Waals surface area (Å²) < 4.78 is 34.2. The van der Waals surface area contributed by atoms with Gasteiger partial charge in [0.1, 0.15) is 30.5 Å². The number of halogens is 2. The van der Waals surface area contributed by atoms with Gasteiger partial charge in [-0.3, -0.25) is 0 Å². The van der Waals surface area contributed by atoms with Gasteiger partial charge in [0.2, 0.25) is 0 Å². The lowest BCUT2D eigenvalue weighted by Crippen LogP contribution is -2.19. The third-order valence-electron chi connectivity index (χ3n) is 5.19. The minimum atomic E-state index is -3.22. The van der Waals surface area contributed by atoms with Gasteiger partial charge in [-0.05, 0) is 41.5 Å². The third kappa shape index (κ3) is 6.74. The molecule has 0 aliphatic rings. The molecule has 0 saturated heterocycles. The average molecular weight is 525 g/mol. The van der Waals surface area contributed by atoms with E-state index < -0.39 is 15.3 Å². The van der Waals surface area contributed by atoms with Crippen LogP contribution in [0.2, 0.25) is 5.02 Å². The van der Waals surface area contributed by atoms with E-state index in [1.807, 2.05) is 38.1 Å². The van der Waals surface area contributed by atoms with Crippen molar-refractivity contribution >= 4 is 33.0 Å². The van der Waals surface area contributed by atoms with Crippen molar-refractivity contribution in [2.45, 2.75) is 31.6 Å². The zero-order valence-corrected chi connectivity index (χ0v) is 21.4. The Morgan fingerprint density at radius 2 is 1.76 bits per heavy atom. The molecular weight excluding hydrogens is 499 g/mol. The van der Waals surface area contributed by atoms with Crippen LogP contribution in [0.25, 0.3) is 0 Å². The number of rotatable bonds is 10. The molecule has 182 valence electrons. The predicted molar refractivity (Wildman–Crippen MR) is 133 cm³/mol. The van der Waals surface area contributed by atoms with E-state index in [1.165, 1.54) is 6.20 Å². The fraction of sp³-hybridized carbons (Fsp3) is 0.333. The Balaban J connectivity index is 1.72. The number of phenolic OH excluding ortho intramolecular Hbond substituents is 1. The molecule has 10 heteroatoms. The van der Waals surface area contributed by atoms with Crippen molar-refractivity contribution in [2.24, 2.45) is 0 Å². The molecule has 3 aromatic rings. The first-order valence-corrected chi connectivity index (χ1v) is 13.4. The molecule has 0 bridgehead atoms. The summed E-state index contributed by atoms with van der Waals surface area (Å²) in [6, 6.07) is 12.7. The van der Waals surface area contributed by atoms with E-state index in [1.54, 1.807) is 18.2 Å². The van der Waals surface area contributed by atoms with Crippen LogP contribution in [0.15, 0.2) is 48.7 Å². The lowest BCUT2D eigenvalue weighted by molar-refractivity contribution is 0.300. The van der Waals surface area contributed by atoms with Crippen LogP contribution in [0.5, 0.6) is 17.2 Å². The maximum Gasteiger partial charge on any atom is 0.179 e. The van der Waals surface area contributed by atoms with Crippen LogP contribution in [0, 0.1) is 0 Å². The fourth-order valence-electron chi connectivity index (χ4n) is 3.34. The summed E-state index contributed by atoms with van der Waals surface area (Å²) in [5.74, 6) is 1.12. The average Bonchev–Trinajstić information content (AvgIpc) is 2.76. The second-order valence-electron chi connectivity index (χ2n) is 8.32. The highest BCUT2D eigenvalue weighted by atomic mass is 35.5. The van der Waals surface area contributed by atoms with Crippen LogP contribution >= 0.6 is 23.2 Å². The summed E-state index contributed by atoms with van der Waals surface area (Å²) in [5.41, 5.74) is 1.93. The maximum absolute atomic E-state index is 11.5. The van der Waals surface area contributed by atoms with Crippen LogP contribution in [-0.4, -0.2) is 42.2 Å². The van der Waals surface area contributed by atoms with E-state index in [0.29, 0.717) is 16.5 Å². The number of aromatic nitrogens is 2. The third-order valence-corrected chi connectivity index (χ3v) is 6.40. The van der Waals surface area contributed by atoms with Gasteiger partial charge in [-0.15, -0.1) is 11.6 Å². The molecule has 2 aromatic carbocycles. The Bertz CT molecular complexity index is 1230. The van der Waals surface area contributed by atoms with E-state index >= 15 is 0 Å². The minimum absolute atomic E-state index is 0.0410. The number of benzene rings is 2. The summed E-state index contributed by atoms with van der Waals surface area (Å²) in [6.07, 6.45) is 2.66. The lowest BCUT2D eigenvalue weighted by Gasteiger charge is -2.27. The molecule has 1 aromatic heterocycles. The molecule has 0 atom stereocenters. The molecule has 1 N–H and O–H groups in total. The van der Waals surface area contributed by atoms with Gasteiger partial charge in [-0.1, -0.05) is 37.6 Å². The molecule has 0 aliphatic heterocycles. The van der Waals surface area contributed by atoms with Crippen LogP contribution in [0.1, 0.15) is 36.5 Å². The highest BCUT2D eigenvalue weighted by molar-refractivity contribution is 7.89. The summed E-state index contributed by atoms with van der Waals surface area (Å²) in [4.78, 5) is 8.24. The van der Waals surface area contributed by atoms with Gasteiger partial charge in [-0.2, -0.15) is 0 Å². The summed E-state index contributed by atoms with van der Waals surface area (Å²) in [6.45, 7) is 4.47. The van der Waals surface area contributed by atoms with E-state index in [0.717, 1.165) is 17.4 Å². The van der Waals surface area contributed by atoms with Crippen LogP contribution in [0.4, 0.5) is 0 Å². The van der Waals surface area contributed by atoms with E-state index in [-0.39, 0.29) is 42.2 Å². The fourth-order valence-corrected chi connectivity index (χ4v) is 4.29. The molecule has 1 heterocycles. The van der Waals surface area contributed by atoms with Crippen LogP contribution in [0.3, 0.4) is 0 Å². The highest BCUT2D eigenvalue weighted by Gasteiger charge is 2.26. The summed E-state index contributed by atoms with van der Waals surface area (Å²) in [7, 11) is -3.22. The summed E-state index contributed by atoms with van der Waals surface area (Å²) in [5, 5.41) is 10.7. The first-order valence-electron chi connectivity index (χ1n) is 10.4. The standard InChI is InChI=1S/C24H26Cl2N2O5S/c1-24(2,17-12-20(26)23(21(29)13-17)32-11-9-25)16-4-6-19(7-5-16)33-14-18-8-10-27-22(28-18)15-34(3,30)31/h4-8,10,12-13,29H,9,11,14-15H2,1-3H3. The lowest BCUT2D eigenvalue weighted by atomic mass is 9.78. The number of hydrogen-bond donors (Lipinski definition) is 1. The molecular formula is C24H26Cl2N2O5S. The number of alkyl halides is 1. The second kappa shape index (κ2) is 10.8. The normalized spacial score (nSPS) is 11.9. The van der Waals surface area contributed by atoms with Gasteiger partial charge in [-0.25, -0.2) is 18.4 Å². The van der Waals surface area contributed by atoms with Crippen molar-refractivity contribution in [3.63, 3.8) is 0 Å². The monoisotopic (exact) mass is 524 g/mol. The Kier molecular flexibility index (Phi) is 8.28. The molecule has 7 nitrogen and oxygen atoms in total. The smallest absolute Gasteiger partial charge is 0.179 e. The molecule has 0 spiro atoms. The van der Waals surface area contributed by atoms with Crippen LogP contribution in [-0.2, 0) is 27.6 Å². The topological polar surface area (TPSA) is 98.6 Å². The second-order valence-corrected chi connectivity index (χ2v) is 11.2. The Morgan fingerprint density at radius 3 is 2.38 bits per heavy atom. The molecule has 0 unspecified atom stereocenters. The SMILES string of the molecule is CC(C)(c1ccc(OCc2ccnc(CS(C)(=O)=O)n2)cc1)c1cc(O)c(OCCCl)c(Cl)c1. The van der Waals surface area contributed by atoms with Crippen molar-refractivity contribution in [1.29, 1.82) is 0 Å². The highest BCUT2D eigenvalue weighted by Crippen LogP contribution is 2.41. The Morgan fingerprint density at radius 1 is 1.06 bits per heavy atom. The quantitative estimate of drug-likeness (QED) is 0.376. The Hall–Kier alpha value is -2.55. The van der Waals surface area contributed by atoms with Crippen molar-refractivity contribution < 1.29 is 23.0 Å². The molecule has 0 fully saturated rings. The van der Waals surface area contributed by atoms with Crippen LogP contribution < -0.4 is 9.47 Å². The molecule has 0 saturated carbocycles. The maximum atomic E-state index is 11.5. The van der Waals surface area contributed by atoms with Gasteiger partial charge >= 0.3 is 0 Å². The van der Waals surface area contributed by atoms with Gasteiger partial charge in [0.15, 0.2) is 21.3 Å². The van der Waals surface area contributed by atoms with Crippen molar-refractivity contribution in [3.05, 3.63) is 76.3 Å². The van der Waals surface area contributed by atoms with E-state index in [9.17, 15) is 13.5 Å². The predicted octanol–water partition coefficient (Wildman–Crippen LogP) is 4.90. The van der Waals surface area contributed by atoms with Crippen molar-refractivity contribution in [3.8, 4) is 17.2 Å². The zero-order chi connectivity index (χ0) is 24.9. The Labute approximate surface area is 209 Å². The largest absolute Gasteiger partial charge is 0.504 e. The first kappa shape index (κ1) is 26.1. The van der Waals surface area contributed by atoms with Gasteiger partial charge < -0.3 is 14.6 Å². The van der Waals surface area contributed by atoms with Gasteiger partial charge in [0, 0.05) is 17.9 Å². The molecule has 34 heavy (non-hydrogen) atoms. The molecule has 3 rings (SSSR count). The number of hydrogen-bond acceptors (Lipinski definition) is 7. The number of nitrogens with zero attached hydrogens (tertiary/aromatic N) is 2. The number of phenols is 1. The van der Waals surface area contributed by atoms with E-state index in [4.69, 9.17) is 32.7 Å². The zero-order valence-electron chi connectivity index (χ0n) is 19.1. The molecule has 0 radical (unpaired) electrons. The molecule has 0 amide bonds. The van der Waals surface area contributed by atoms with Gasteiger partial charge in [0.25, 0.3) is 0 Å². The minimum Gasteiger partial charge on any atom is -0.504 e. The van der Waals surface area contributed by atoms with Crippen molar-refractivity contribution in [2.75, 3.05) is 18.7 Å². The number of ether oxygens (including phenoxy) is 2. The summed E-state index contributed by atoms with van der Waals surface area (Å²) >= 11 is 12.0. The number of sulfone groups is 1. The van der Waals surface area contributed by atoms with E-state index in [2.05, 4.69) is 9.97 Å². The molecule has 0 aliphatic carbocycles. The first-order chi connectivity index (χ1) is 16.0.